The largest absolute Gasteiger partial charge is 0.301 e. The van der Waals surface area contributed by atoms with Gasteiger partial charge in [0.05, 0.1) is 33.2 Å². The van der Waals surface area contributed by atoms with Gasteiger partial charge in [0.25, 0.3) is 0 Å². The zero-order chi connectivity index (χ0) is 37.9. The molecule has 10 aromatic rings. The number of hydrogen-bond donors (Lipinski definition) is 0. The van der Waals surface area contributed by atoms with Crippen LogP contribution in [0.3, 0.4) is 0 Å². The monoisotopic (exact) mass is 751 g/mol. The summed E-state index contributed by atoms with van der Waals surface area (Å²) in [5.41, 5.74) is 9.59. The van der Waals surface area contributed by atoms with Crippen LogP contribution in [0.4, 0.5) is 22.7 Å². The van der Waals surface area contributed by atoms with Crippen molar-refractivity contribution >= 4 is 68.2 Å². The molecule has 0 N–H and O–H groups in total. The first-order chi connectivity index (χ1) is 28.2. The van der Waals surface area contributed by atoms with Crippen LogP contribution in [0, 0.1) is 0 Å². The van der Waals surface area contributed by atoms with E-state index >= 15 is 4.57 Å². The highest BCUT2D eigenvalue weighted by atomic mass is 31.2. The third-order valence-electron chi connectivity index (χ3n) is 10.9. The summed E-state index contributed by atoms with van der Waals surface area (Å²) in [6.07, 6.45) is 0. The molecule has 11 rings (SSSR count). The number of rotatable bonds is 6. The summed E-state index contributed by atoms with van der Waals surface area (Å²) in [5, 5.41) is 3.99. The van der Waals surface area contributed by atoms with Gasteiger partial charge in [-0.05, 0) is 90.0 Å². The average Bonchev–Trinajstić information content (AvgIpc) is 3.76. The maximum Gasteiger partial charge on any atom is 0.301 e. The van der Waals surface area contributed by atoms with Crippen molar-refractivity contribution in [1.29, 1.82) is 0 Å². The number of fused-ring (bicyclic) bond motifs is 5. The third-order valence-corrected chi connectivity index (χ3v) is 13.8. The zero-order valence-electron chi connectivity index (χ0n) is 30.7. The Balaban J connectivity index is 1.12. The van der Waals surface area contributed by atoms with Crippen molar-refractivity contribution in [3.05, 3.63) is 206 Å². The molecule has 270 valence electrons. The van der Waals surface area contributed by atoms with Crippen LogP contribution in [0.15, 0.2) is 206 Å². The fraction of sp³-hybridized carbons (Fsp3) is 0. The number of aromatic nitrogens is 3. The van der Waals surface area contributed by atoms with E-state index in [1.54, 1.807) is 0 Å². The molecule has 1 unspecified atom stereocenters. The topological polar surface area (TPSA) is 54.3 Å². The Kier molecular flexibility index (Phi) is 7.66. The van der Waals surface area contributed by atoms with Crippen LogP contribution in [0.2, 0.25) is 0 Å². The SMILES string of the molecule is O=P1(c2ccccc2)N(c2ccccc2)c2ccc(-c3ccc4c(c3)c3ccccc3n4-c3nc(-c4ccccc4)nc4ccccc34)cc2N1c1ccccc1. The van der Waals surface area contributed by atoms with E-state index in [4.69, 9.17) is 9.97 Å². The van der Waals surface area contributed by atoms with Crippen molar-refractivity contribution in [2.24, 2.45) is 0 Å². The van der Waals surface area contributed by atoms with Gasteiger partial charge in [-0.25, -0.2) is 9.97 Å². The van der Waals surface area contributed by atoms with Crippen molar-refractivity contribution in [2.45, 2.75) is 0 Å². The van der Waals surface area contributed by atoms with Crippen molar-refractivity contribution in [1.82, 2.24) is 14.5 Å². The smallest absolute Gasteiger partial charge is 0.293 e. The van der Waals surface area contributed by atoms with Crippen LogP contribution in [-0.2, 0) is 4.57 Å². The highest BCUT2D eigenvalue weighted by Gasteiger charge is 2.49. The Morgan fingerprint density at radius 3 is 1.67 bits per heavy atom. The summed E-state index contributed by atoms with van der Waals surface area (Å²) in [6.45, 7) is 0. The molecule has 0 bridgehead atoms. The summed E-state index contributed by atoms with van der Waals surface area (Å²) in [6, 6.07) is 70.1. The van der Waals surface area contributed by atoms with Crippen LogP contribution < -0.4 is 14.6 Å². The molecular formula is C50H34N5OP. The lowest BCUT2D eigenvalue weighted by Gasteiger charge is -2.33. The molecule has 57 heavy (non-hydrogen) atoms. The molecule has 7 heteroatoms. The number of para-hydroxylation sites is 4. The van der Waals surface area contributed by atoms with E-state index in [9.17, 15) is 0 Å². The molecule has 0 saturated carbocycles. The molecule has 3 heterocycles. The molecule has 6 nitrogen and oxygen atoms in total. The van der Waals surface area contributed by atoms with E-state index < -0.39 is 7.44 Å². The average molecular weight is 752 g/mol. The molecule has 1 aliphatic rings. The summed E-state index contributed by atoms with van der Waals surface area (Å²) >= 11 is 0. The Labute approximate surface area is 330 Å². The number of anilines is 4. The lowest BCUT2D eigenvalue weighted by Crippen LogP contribution is -2.26. The maximum absolute atomic E-state index is 16.1. The van der Waals surface area contributed by atoms with Gasteiger partial charge in [-0.2, -0.15) is 0 Å². The van der Waals surface area contributed by atoms with Crippen LogP contribution in [-0.4, -0.2) is 14.5 Å². The Bertz CT molecular complexity index is 3170. The standard InChI is InChI=1S/C50H34N5OP/c56-57(40-23-11-4-12-24-40)54(38-19-7-2-8-20-38)47-32-30-37(34-48(47)55(57)39-21-9-3-10-22-39)36-29-31-46-43(33-36)41-25-14-16-28-45(41)53(46)50-42-26-13-15-27-44(42)51-49(52-50)35-17-5-1-6-18-35/h1-34H. The van der Waals surface area contributed by atoms with Gasteiger partial charge in [-0.15, -0.1) is 0 Å². The van der Waals surface area contributed by atoms with Gasteiger partial charge >= 0.3 is 7.44 Å². The second kappa shape index (κ2) is 13.2. The first-order valence-corrected chi connectivity index (χ1v) is 20.7. The molecule has 0 saturated heterocycles. The van der Waals surface area contributed by atoms with E-state index in [2.05, 4.69) is 94.2 Å². The molecule has 1 atom stereocenters. The van der Waals surface area contributed by atoms with Crippen LogP contribution >= 0.6 is 7.44 Å². The van der Waals surface area contributed by atoms with E-state index in [-0.39, 0.29) is 0 Å². The van der Waals surface area contributed by atoms with Gasteiger partial charge in [0, 0.05) is 33.1 Å². The van der Waals surface area contributed by atoms with Gasteiger partial charge in [0.15, 0.2) is 5.82 Å². The van der Waals surface area contributed by atoms with Crippen molar-refractivity contribution < 1.29 is 4.57 Å². The minimum atomic E-state index is -3.48. The molecule has 0 spiro atoms. The van der Waals surface area contributed by atoms with Gasteiger partial charge in [0.2, 0.25) is 0 Å². The fourth-order valence-electron chi connectivity index (χ4n) is 8.34. The van der Waals surface area contributed by atoms with Gasteiger partial charge < -0.3 is 0 Å². The lowest BCUT2D eigenvalue weighted by atomic mass is 10.0. The number of hydrogen-bond acceptors (Lipinski definition) is 3. The molecular weight excluding hydrogens is 718 g/mol. The highest BCUT2D eigenvalue weighted by Crippen LogP contribution is 2.70. The molecule has 8 aromatic carbocycles. The lowest BCUT2D eigenvalue weighted by molar-refractivity contribution is 0.582. The number of nitrogens with zero attached hydrogens (tertiary/aromatic N) is 5. The van der Waals surface area contributed by atoms with Gasteiger partial charge in [-0.1, -0.05) is 127 Å². The highest BCUT2D eigenvalue weighted by molar-refractivity contribution is 7.76. The minimum Gasteiger partial charge on any atom is -0.293 e. The Hall–Kier alpha value is -7.27. The predicted octanol–water partition coefficient (Wildman–Crippen LogP) is 12.9. The van der Waals surface area contributed by atoms with Crippen molar-refractivity contribution in [3.63, 3.8) is 0 Å². The van der Waals surface area contributed by atoms with Gasteiger partial charge in [-0.3, -0.25) is 18.5 Å². The summed E-state index contributed by atoms with van der Waals surface area (Å²) < 4.78 is 22.5. The molecule has 1 aliphatic heterocycles. The summed E-state index contributed by atoms with van der Waals surface area (Å²) in [5.74, 6) is 1.53. The first-order valence-electron chi connectivity index (χ1n) is 19.0. The molecule has 0 fully saturated rings. The van der Waals surface area contributed by atoms with E-state index in [0.717, 1.165) is 83.3 Å². The molecule has 0 aliphatic carbocycles. The number of benzene rings is 8. The Morgan fingerprint density at radius 2 is 0.947 bits per heavy atom. The second-order valence-corrected chi connectivity index (χ2v) is 16.6. The van der Waals surface area contributed by atoms with E-state index in [0.29, 0.717) is 5.82 Å². The maximum atomic E-state index is 16.1. The minimum absolute atomic E-state index is 0.685. The normalized spacial score (nSPS) is 15.1. The molecule has 0 amide bonds. The third kappa shape index (κ3) is 5.22. The van der Waals surface area contributed by atoms with Crippen LogP contribution in [0.25, 0.3) is 61.0 Å². The van der Waals surface area contributed by atoms with Crippen molar-refractivity contribution in [2.75, 3.05) is 9.34 Å². The van der Waals surface area contributed by atoms with Crippen LogP contribution in [0.5, 0.6) is 0 Å². The van der Waals surface area contributed by atoms with Crippen molar-refractivity contribution in [3.8, 4) is 28.3 Å². The zero-order valence-corrected chi connectivity index (χ0v) is 31.6. The molecule has 2 aromatic heterocycles. The quantitative estimate of drug-likeness (QED) is 0.158. The summed E-state index contributed by atoms with van der Waals surface area (Å²) in [4.78, 5) is 10.2. The molecule has 0 radical (unpaired) electrons. The van der Waals surface area contributed by atoms with E-state index in [1.165, 1.54) is 0 Å². The Morgan fingerprint density at radius 1 is 0.404 bits per heavy atom. The summed E-state index contributed by atoms with van der Waals surface area (Å²) in [7, 11) is -3.48. The van der Waals surface area contributed by atoms with E-state index in [1.807, 2.05) is 126 Å². The van der Waals surface area contributed by atoms with Crippen LogP contribution in [0.1, 0.15) is 0 Å². The predicted molar refractivity (Wildman–Crippen MR) is 236 cm³/mol. The van der Waals surface area contributed by atoms with Gasteiger partial charge in [0.1, 0.15) is 5.82 Å². The first kappa shape index (κ1) is 33.1. The second-order valence-electron chi connectivity index (χ2n) is 14.2. The fourth-order valence-corrected chi connectivity index (χ4v) is 11.4.